The van der Waals surface area contributed by atoms with E-state index in [0.717, 1.165) is 44.7 Å². The molecule has 8 heteroatoms. The number of hydrogen-bond donors (Lipinski definition) is 3. The molecular weight excluding hydrogens is 526 g/mol. The van der Waals surface area contributed by atoms with Gasteiger partial charge in [0.2, 0.25) is 6.17 Å². The molecule has 39 heavy (non-hydrogen) atoms. The number of benzodiazepines with no additional fused rings is 1. The number of rotatable bonds is 4. The summed E-state index contributed by atoms with van der Waals surface area (Å²) in [5.41, 5.74) is 6.80. The topological polar surface area (TPSA) is 72.5 Å². The number of nitrogens with one attached hydrogen (secondary N) is 3. The maximum atomic E-state index is 13.6. The number of carbonyl (C=O) groups is 1. The molecule has 1 aliphatic rings. The Labute approximate surface area is 236 Å². The highest BCUT2D eigenvalue weighted by Crippen LogP contribution is 2.31. The predicted molar refractivity (Wildman–Crippen MR) is 164 cm³/mol. The van der Waals surface area contributed by atoms with Crippen LogP contribution in [0.3, 0.4) is 0 Å². The van der Waals surface area contributed by atoms with Crippen LogP contribution in [0, 0.1) is 0 Å². The molecule has 1 amide bonds. The largest absolute Gasteiger partial charge is 0.354 e. The smallest absolute Gasteiger partial charge is 0.272 e. The lowest BCUT2D eigenvalue weighted by Crippen LogP contribution is -2.47. The monoisotopic (exact) mass is 549 g/mol. The lowest BCUT2D eigenvalue weighted by Gasteiger charge is -2.22. The van der Waals surface area contributed by atoms with Crippen LogP contribution >= 0.6 is 23.8 Å². The molecule has 3 N–H and O–H groups in total. The van der Waals surface area contributed by atoms with E-state index in [0.29, 0.717) is 10.7 Å². The molecular formula is C31H24ClN5OS. The molecule has 1 atom stereocenters. The molecule has 0 radical (unpaired) electrons. The van der Waals surface area contributed by atoms with Crippen LogP contribution in [0.25, 0.3) is 22.2 Å². The fourth-order valence-electron chi connectivity index (χ4n) is 4.79. The predicted octanol–water partition coefficient (Wildman–Crippen LogP) is 6.61. The molecule has 0 spiro atoms. The number of nitrogens with zero attached hydrogens (tertiary/aromatic N) is 2. The normalized spacial score (nSPS) is 14.9. The van der Waals surface area contributed by atoms with Crippen molar-refractivity contribution < 1.29 is 4.79 Å². The molecule has 1 unspecified atom stereocenters. The lowest BCUT2D eigenvalue weighted by atomic mass is 10.0. The maximum Gasteiger partial charge on any atom is 0.272 e. The molecule has 0 bridgehead atoms. The van der Waals surface area contributed by atoms with Crippen LogP contribution in [-0.2, 0) is 4.79 Å². The summed E-state index contributed by atoms with van der Waals surface area (Å²) in [5.74, 6) is -0.238. The lowest BCUT2D eigenvalue weighted by molar-refractivity contribution is -0.119. The average Bonchev–Trinajstić information content (AvgIpc) is 3.36. The number of aromatic nitrogens is 1. The number of H-pyrrole nitrogens is 1. The molecule has 1 aliphatic heterocycles. The number of likely N-dealkylation sites (N-methyl/N-ethyl adjacent to an activating group) is 1. The maximum absolute atomic E-state index is 13.6. The second kappa shape index (κ2) is 10.4. The number of benzene rings is 4. The molecule has 1 aromatic heterocycles. The van der Waals surface area contributed by atoms with Gasteiger partial charge in [0.15, 0.2) is 5.11 Å². The standard InChI is InChI=1S/C31H24ClN5OS/c1-37-27-16-15-21(32)18-23(27)28(19-9-3-2-4-10-19)35-29(30(37)38)36-31(39)34-25-14-8-6-12-22(25)26-17-20-11-5-7-13-24(20)33-26/h2-18,29,33H,1H3,(H2,34,36,39). The zero-order valence-electron chi connectivity index (χ0n) is 21.0. The fraction of sp³-hybridized carbons (Fsp3) is 0.0645. The van der Waals surface area contributed by atoms with Crippen molar-refractivity contribution in [3.63, 3.8) is 0 Å². The van der Waals surface area contributed by atoms with Gasteiger partial charge in [0.1, 0.15) is 0 Å². The summed E-state index contributed by atoms with van der Waals surface area (Å²) in [6.45, 7) is 0. The van der Waals surface area contributed by atoms with Crippen LogP contribution in [0.15, 0.2) is 108 Å². The van der Waals surface area contributed by atoms with Gasteiger partial charge in [-0.05, 0) is 48.6 Å². The molecule has 0 saturated carbocycles. The van der Waals surface area contributed by atoms with Crippen molar-refractivity contribution in [2.24, 2.45) is 4.99 Å². The van der Waals surface area contributed by atoms with E-state index in [4.69, 9.17) is 28.8 Å². The second-order valence-corrected chi connectivity index (χ2v) is 10.1. The molecule has 0 aliphatic carbocycles. The Hall–Kier alpha value is -4.46. The third kappa shape index (κ3) is 4.90. The highest BCUT2D eigenvalue weighted by atomic mass is 35.5. The highest BCUT2D eigenvalue weighted by Gasteiger charge is 2.30. The van der Waals surface area contributed by atoms with Gasteiger partial charge < -0.3 is 20.5 Å². The summed E-state index contributed by atoms with van der Waals surface area (Å²) in [4.78, 5) is 23.5. The fourth-order valence-corrected chi connectivity index (χ4v) is 5.19. The van der Waals surface area contributed by atoms with Gasteiger partial charge in [-0.15, -0.1) is 0 Å². The van der Waals surface area contributed by atoms with Gasteiger partial charge in [0.05, 0.1) is 11.4 Å². The van der Waals surface area contributed by atoms with Crippen molar-refractivity contribution in [3.8, 4) is 11.3 Å². The molecule has 0 saturated heterocycles. The quantitative estimate of drug-likeness (QED) is 0.220. The number of hydrogen-bond acceptors (Lipinski definition) is 3. The summed E-state index contributed by atoms with van der Waals surface area (Å²) in [5, 5.41) is 8.39. The van der Waals surface area contributed by atoms with E-state index in [1.165, 1.54) is 0 Å². The summed E-state index contributed by atoms with van der Waals surface area (Å²) in [7, 11) is 1.73. The Balaban J connectivity index is 1.33. The van der Waals surface area contributed by atoms with Crippen molar-refractivity contribution in [1.82, 2.24) is 10.3 Å². The van der Waals surface area contributed by atoms with Gasteiger partial charge in [-0.1, -0.05) is 78.3 Å². The number of anilines is 2. The van der Waals surface area contributed by atoms with E-state index < -0.39 is 6.17 Å². The molecule has 6 rings (SSSR count). The van der Waals surface area contributed by atoms with Gasteiger partial charge in [-0.3, -0.25) is 4.79 Å². The average molecular weight is 550 g/mol. The first-order valence-corrected chi connectivity index (χ1v) is 13.2. The first-order valence-electron chi connectivity index (χ1n) is 12.4. The SMILES string of the molecule is CN1C(=O)C(NC(=S)Nc2ccccc2-c2cc3ccccc3[nH]2)N=C(c2ccccc2)c2cc(Cl)ccc21. The van der Waals surface area contributed by atoms with Gasteiger partial charge in [-0.2, -0.15) is 0 Å². The molecule has 6 nitrogen and oxygen atoms in total. The van der Waals surface area contributed by atoms with E-state index in [-0.39, 0.29) is 11.0 Å². The third-order valence-electron chi connectivity index (χ3n) is 6.71. The van der Waals surface area contributed by atoms with Gasteiger partial charge >= 0.3 is 0 Å². The summed E-state index contributed by atoms with van der Waals surface area (Å²) in [6.07, 6.45) is -0.948. The molecule has 4 aromatic carbocycles. The minimum absolute atomic E-state index is 0.238. The molecule has 2 heterocycles. The van der Waals surface area contributed by atoms with E-state index in [9.17, 15) is 4.79 Å². The second-order valence-electron chi connectivity index (χ2n) is 9.22. The first-order chi connectivity index (χ1) is 19.0. The Bertz CT molecular complexity index is 1710. The number of thiocarbonyl (C=S) groups is 1. The van der Waals surface area contributed by atoms with Crippen LogP contribution in [0.2, 0.25) is 5.02 Å². The van der Waals surface area contributed by atoms with E-state index in [1.807, 2.05) is 84.9 Å². The number of carbonyl (C=O) groups excluding carboxylic acids is 1. The van der Waals surface area contributed by atoms with E-state index >= 15 is 0 Å². The Morgan fingerprint density at radius 1 is 0.923 bits per heavy atom. The van der Waals surface area contributed by atoms with Crippen LogP contribution in [0.1, 0.15) is 11.1 Å². The third-order valence-corrected chi connectivity index (χ3v) is 7.16. The van der Waals surface area contributed by atoms with Gasteiger partial charge in [0.25, 0.3) is 5.91 Å². The highest BCUT2D eigenvalue weighted by molar-refractivity contribution is 7.80. The number of para-hydroxylation sites is 2. The number of aromatic amines is 1. The summed E-state index contributed by atoms with van der Waals surface area (Å²) >= 11 is 12.1. The number of halogens is 1. The Morgan fingerprint density at radius 3 is 2.49 bits per heavy atom. The van der Waals surface area contributed by atoms with E-state index in [2.05, 4.69) is 27.8 Å². The first kappa shape index (κ1) is 24.9. The summed E-state index contributed by atoms with van der Waals surface area (Å²) in [6, 6.07) is 33.3. The Morgan fingerprint density at radius 2 is 1.67 bits per heavy atom. The van der Waals surface area contributed by atoms with E-state index in [1.54, 1.807) is 18.0 Å². The zero-order valence-corrected chi connectivity index (χ0v) is 22.6. The minimum atomic E-state index is -0.948. The van der Waals surface area contributed by atoms with Crippen LogP contribution in [0.4, 0.5) is 11.4 Å². The number of fused-ring (bicyclic) bond motifs is 2. The van der Waals surface area contributed by atoms with Crippen molar-refractivity contribution in [3.05, 3.63) is 119 Å². The van der Waals surface area contributed by atoms with Gasteiger partial charge in [-0.25, -0.2) is 4.99 Å². The van der Waals surface area contributed by atoms with Crippen molar-refractivity contribution >= 4 is 62.8 Å². The number of aliphatic imine (C=N–C) groups is 1. The Kier molecular flexibility index (Phi) is 6.60. The van der Waals surface area contributed by atoms with Crippen molar-refractivity contribution in [1.29, 1.82) is 0 Å². The van der Waals surface area contributed by atoms with Gasteiger partial charge in [0, 0.05) is 51.0 Å². The van der Waals surface area contributed by atoms with Crippen molar-refractivity contribution in [2.45, 2.75) is 6.17 Å². The molecule has 0 fully saturated rings. The van der Waals surface area contributed by atoms with Crippen LogP contribution < -0.4 is 15.5 Å². The van der Waals surface area contributed by atoms with Crippen LogP contribution in [-0.4, -0.2) is 34.9 Å². The molecule has 5 aromatic rings. The molecule has 192 valence electrons. The minimum Gasteiger partial charge on any atom is -0.354 e. The number of amides is 1. The zero-order chi connectivity index (χ0) is 26.9. The summed E-state index contributed by atoms with van der Waals surface area (Å²) < 4.78 is 0. The van der Waals surface area contributed by atoms with Crippen LogP contribution in [0.5, 0.6) is 0 Å². The van der Waals surface area contributed by atoms with Crippen molar-refractivity contribution in [2.75, 3.05) is 17.3 Å².